The number of aromatic nitrogens is 1. The van der Waals surface area contributed by atoms with Gasteiger partial charge in [-0.3, -0.25) is 4.79 Å². The average molecular weight is 390 g/mol. The smallest absolute Gasteiger partial charge is 0.308 e. The number of aryl methyl sites for hydroxylation is 1. The van der Waals surface area contributed by atoms with Gasteiger partial charge in [-0.2, -0.15) is 5.26 Å². The Balaban J connectivity index is 1.58. The van der Waals surface area contributed by atoms with Crippen LogP contribution in [0.2, 0.25) is 0 Å². The number of hydrogen-bond acceptors (Lipinski definition) is 6. The molecule has 1 unspecified atom stereocenters. The van der Waals surface area contributed by atoms with Gasteiger partial charge in [0.25, 0.3) is 0 Å². The Kier molecular flexibility index (Phi) is 5.12. The van der Waals surface area contributed by atoms with E-state index in [1.807, 2.05) is 24.3 Å². The highest BCUT2D eigenvalue weighted by Gasteiger charge is 2.27. The maximum absolute atomic E-state index is 12.5. The summed E-state index contributed by atoms with van der Waals surface area (Å²) in [6, 6.07) is 16.5. The van der Waals surface area contributed by atoms with Crippen molar-refractivity contribution in [3.8, 4) is 23.4 Å². The van der Waals surface area contributed by atoms with Gasteiger partial charge >= 0.3 is 5.91 Å². The predicted molar refractivity (Wildman–Crippen MR) is 104 cm³/mol. The first-order valence-corrected chi connectivity index (χ1v) is 9.20. The molecule has 4 rings (SSSR count). The lowest BCUT2D eigenvalue weighted by Gasteiger charge is -2.23. The quantitative estimate of drug-likeness (QED) is 0.521. The number of nitrogens with zero attached hydrogens (tertiary/aromatic N) is 4. The molecular formula is C21H18N4O4. The minimum atomic E-state index is -0.903. The molecule has 2 heterocycles. The highest BCUT2D eigenvalue weighted by Crippen LogP contribution is 2.39. The third-order valence-corrected chi connectivity index (χ3v) is 4.62. The van der Waals surface area contributed by atoms with Gasteiger partial charge in [-0.1, -0.05) is 30.3 Å². The average Bonchev–Trinajstić information content (AvgIpc) is 3.03. The summed E-state index contributed by atoms with van der Waals surface area (Å²) in [4.78, 5) is 12.5. The van der Waals surface area contributed by atoms with Crippen molar-refractivity contribution < 1.29 is 19.4 Å². The molecule has 2 aromatic carbocycles. The Morgan fingerprint density at radius 2 is 1.97 bits per heavy atom. The molecule has 0 saturated carbocycles. The summed E-state index contributed by atoms with van der Waals surface area (Å²) >= 11 is 0. The van der Waals surface area contributed by atoms with E-state index >= 15 is 0 Å². The third kappa shape index (κ3) is 3.62. The monoisotopic (exact) mass is 390 g/mol. The van der Waals surface area contributed by atoms with Crippen molar-refractivity contribution in [2.45, 2.75) is 25.5 Å². The lowest BCUT2D eigenvalue weighted by molar-refractivity contribution is -0.127. The number of amides is 1. The molecule has 8 nitrogen and oxygen atoms in total. The van der Waals surface area contributed by atoms with Crippen LogP contribution in [-0.2, 0) is 11.3 Å². The number of azo groups is 1. The van der Waals surface area contributed by atoms with Crippen molar-refractivity contribution in [3.05, 3.63) is 48.5 Å². The van der Waals surface area contributed by atoms with Gasteiger partial charge in [-0.25, -0.2) is 0 Å². The van der Waals surface area contributed by atoms with E-state index in [9.17, 15) is 9.90 Å². The molecule has 1 N–H and O–H groups in total. The Hall–Kier alpha value is -3.86. The number of para-hydroxylation sites is 3. The molecule has 146 valence electrons. The van der Waals surface area contributed by atoms with Crippen LogP contribution in [0.4, 0.5) is 5.69 Å². The number of nitriles is 1. The number of fused-ring (bicyclic) bond motifs is 2. The minimum absolute atomic E-state index is 0.0385. The first kappa shape index (κ1) is 18.5. The van der Waals surface area contributed by atoms with Gasteiger partial charge < -0.3 is 19.1 Å². The van der Waals surface area contributed by atoms with Crippen molar-refractivity contribution in [1.29, 1.82) is 5.26 Å². The van der Waals surface area contributed by atoms with E-state index in [1.54, 1.807) is 28.8 Å². The topological polar surface area (TPSA) is 109 Å². The maximum atomic E-state index is 12.5. The van der Waals surface area contributed by atoms with Crippen LogP contribution in [0.25, 0.3) is 10.9 Å². The zero-order chi connectivity index (χ0) is 20.2. The predicted octanol–water partition coefficient (Wildman–Crippen LogP) is 4.10. The van der Waals surface area contributed by atoms with Crippen LogP contribution in [0.1, 0.15) is 12.8 Å². The Bertz CT molecular complexity index is 1130. The summed E-state index contributed by atoms with van der Waals surface area (Å²) < 4.78 is 12.8. The van der Waals surface area contributed by atoms with E-state index in [-0.39, 0.29) is 18.2 Å². The maximum Gasteiger partial charge on any atom is 0.308 e. The molecule has 1 atom stereocenters. The second kappa shape index (κ2) is 8.02. The molecule has 1 amide bonds. The molecule has 1 aliphatic heterocycles. The number of carbonyl (C=O) groups is 1. The van der Waals surface area contributed by atoms with Gasteiger partial charge in [-0.15, -0.1) is 10.2 Å². The van der Waals surface area contributed by atoms with Crippen LogP contribution in [-0.4, -0.2) is 28.3 Å². The van der Waals surface area contributed by atoms with E-state index in [4.69, 9.17) is 14.7 Å². The van der Waals surface area contributed by atoms with E-state index in [0.29, 0.717) is 36.3 Å². The van der Waals surface area contributed by atoms with Crippen molar-refractivity contribution in [2.75, 3.05) is 6.61 Å². The van der Waals surface area contributed by atoms with Gasteiger partial charge in [0, 0.05) is 18.4 Å². The van der Waals surface area contributed by atoms with Crippen LogP contribution in [0.15, 0.2) is 58.8 Å². The molecule has 3 aromatic rings. The summed E-state index contributed by atoms with van der Waals surface area (Å²) in [5, 5.41) is 27.8. The number of unbranched alkanes of at least 4 members (excludes halogenated alkanes) is 1. The molecule has 0 saturated heterocycles. The van der Waals surface area contributed by atoms with Crippen LogP contribution in [0, 0.1) is 11.3 Å². The zero-order valence-electron chi connectivity index (χ0n) is 15.5. The minimum Gasteiger partial charge on any atom is -0.493 e. The van der Waals surface area contributed by atoms with Crippen LogP contribution in [0.5, 0.6) is 17.4 Å². The summed E-state index contributed by atoms with van der Waals surface area (Å²) in [5.41, 5.74) is 0.971. The summed E-state index contributed by atoms with van der Waals surface area (Å²) in [6.07, 6.45) is 0.0620. The van der Waals surface area contributed by atoms with Crippen molar-refractivity contribution >= 4 is 22.5 Å². The molecule has 8 heteroatoms. The van der Waals surface area contributed by atoms with Gasteiger partial charge in [0.15, 0.2) is 17.2 Å². The van der Waals surface area contributed by atoms with Crippen molar-refractivity contribution in [2.24, 2.45) is 10.2 Å². The molecule has 1 aliphatic rings. The second-order valence-electron chi connectivity index (χ2n) is 6.51. The lowest BCUT2D eigenvalue weighted by atomic mass is 10.2. The van der Waals surface area contributed by atoms with Gasteiger partial charge in [0.2, 0.25) is 12.0 Å². The molecule has 0 fully saturated rings. The number of benzene rings is 2. The van der Waals surface area contributed by atoms with Crippen LogP contribution < -0.4 is 9.47 Å². The first-order chi connectivity index (χ1) is 14.2. The van der Waals surface area contributed by atoms with E-state index in [1.165, 1.54) is 0 Å². The SMILES string of the molecule is N#CCCCn1c(O)c(N=NC(=O)C2COc3ccccc3O2)c2ccccc21. The summed E-state index contributed by atoms with van der Waals surface area (Å²) in [5.74, 6) is 0.364. The zero-order valence-corrected chi connectivity index (χ0v) is 15.5. The lowest BCUT2D eigenvalue weighted by Crippen LogP contribution is -2.35. The fourth-order valence-corrected chi connectivity index (χ4v) is 3.22. The molecule has 0 spiro atoms. The largest absolute Gasteiger partial charge is 0.493 e. The number of hydrogen-bond donors (Lipinski definition) is 1. The van der Waals surface area contributed by atoms with E-state index < -0.39 is 12.0 Å². The van der Waals surface area contributed by atoms with Crippen molar-refractivity contribution in [1.82, 2.24) is 4.57 Å². The van der Waals surface area contributed by atoms with E-state index in [0.717, 1.165) is 5.52 Å². The molecule has 0 aliphatic carbocycles. The summed E-state index contributed by atoms with van der Waals surface area (Å²) in [7, 11) is 0. The number of aromatic hydroxyl groups is 1. The fraction of sp³-hybridized carbons (Fsp3) is 0.238. The number of ether oxygens (including phenoxy) is 2. The van der Waals surface area contributed by atoms with Crippen LogP contribution in [0.3, 0.4) is 0 Å². The highest BCUT2D eigenvalue weighted by atomic mass is 16.6. The number of rotatable bonds is 5. The second-order valence-corrected chi connectivity index (χ2v) is 6.51. The third-order valence-electron chi connectivity index (χ3n) is 4.62. The summed E-state index contributed by atoms with van der Waals surface area (Å²) in [6.45, 7) is 0.497. The molecule has 1 aromatic heterocycles. The highest BCUT2D eigenvalue weighted by molar-refractivity contribution is 5.95. The van der Waals surface area contributed by atoms with Crippen LogP contribution >= 0.6 is 0 Å². The standard InChI is InChI=1S/C21H18N4O4/c22-11-5-6-12-25-15-8-2-1-7-14(15)19(21(25)27)23-24-20(26)18-13-28-16-9-3-4-10-17(16)29-18/h1-4,7-10,18,27H,5-6,12-13H2. The normalized spacial score (nSPS) is 15.5. The Morgan fingerprint density at radius 3 is 2.79 bits per heavy atom. The van der Waals surface area contributed by atoms with Gasteiger partial charge in [0.05, 0.1) is 11.6 Å². The van der Waals surface area contributed by atoms with Gasteiger partial charge in [0.1, 0.15) is 6.61 Å². The Morgan fingerprint density at radius 1 is 1.21 bits per heavy atom. The van der Waals surface area contributed by atoms with Gasteiger partial charge in [-0.05, 0) is 24.6 Å². The first-order valence-electron chi connectivity index (χ1n) is 9.20. The van der Waals surface area contributed by atoms with Crippen molar-refractivity contribution in [3.63, 3.8) is 0 Å². The fourth-order valence-electron chi connectivity index (χ4n) is 3.22. The van der Waals surface area contributed by atoms with E-state index in [2.05, 4.69) is 16.3 Å². The molecular weight excluding hydrogens is 372 g/mol. The Labute approximate surface area is 166 Å². The molecule has 0 bridgehead atoms. The molecule has 29 heavy (non-hydrogen) atoms. The number of carbonyl (C=O) groups excluding carboxylic acids is 1. The molecule has 0 radical (unpaired) electrons.